The molecule has 75 heavy (non-hydrogen) atoms. The Bertz CT molecular complexity index is 4140. The van der Waals surface area contributed by atoms with Gasteiger partial charge >= 0.3 is 0 Å². The van der Waals surface area contributed by atoms with Crippen molar-refractivity contribution in [1.82, 2.24) is 4.57 Å². The Morgan fingerprint density at radius 3 is 1.76 bits per heavy atom. The lowest BCUT2D eigenvalue weighted by atomic mass is 9.78. The van der Waals surface area contributed by atoms with Gasteiger partial charge in [0.05, 0.1) is 16.9 Å². The van der Waals surface area contributed by atoms with Crippen molar-refractivity contribution in [3.63, 3.8) is 0 Å². The predicted octanol–water partition coefficient (Wildman–Crippen LogP) is 19.8. The van der Waals surface area contributed by atoms with E-state index < -0.39 is 0 Å². The molecule has 0 radical (unpaired) electrons. The van der Waals surface area contributed by atoms with E-state index in [1.807, 2.05) is 12.1 Å². The number of nitrogens with zero attached hydrogens (tertiary/aromatic N) is 2. The van der Waals surface area contributed by atoms with Crippen LogP contribution in [0.1, 0.15) is 62.8 Å². The predicted molar refractivity (Wildman–Crippen MR) is 313 cm³/mol. The van der Waals surface area contributed by atoms with E-state index in [0.717, 1.165) is 68.9 Å². The normalized spacial score (nSPS) is 14.7. The van der Waals surface area contributed by atoms with Gasteiger partial charge in [-0.3, -0.25) is 0 Å². The van der Waals surface area contributed by atoms with E-state index in [4.69, 9.17) is 0 Å². The van der Waals surface area contributed by atoms with Gasteiger partial charge in [0.2, 0.25) is 0 Å². The molecule has 2 nitrogen and oxygen atoms in total. The lowest BCUT2D eigenvalue weighted by molar-refractivity contribution is 0.607. The van der Waals surface area contributed by atoms with Gasteiger partial charge in [-0.2, -0.15) is 0 Å². The van der Waals surface area contributed by atoms with Crippen molar-refractivity contribution in [3.05, 3.63) is 270 Å². The van der Waals surface area contributed by atoms with Crippen LogP contribution in [-0.4, -0.2) is 4.57 Å². The third-order valence-electron chi connectivity index (χ3n) is 16.8. The van der Waals surface area contributed by atoms with Crippen molar-refractivity contribution in [2.75, 3.05) is 4.90 Å². The molecule has 10 aromatic carbocycles. The molecule has 0 atom stereocenters. The third-order valence-corrected chi connectivity index (χ3v) is 16.8. The van der Waals surface area contributed by atoms with Crippen LogP contribution in [0.15, 0.2) is 242 Å². The molecule has 360 valence electrons. The van der Waals surface area contributed by atoms with E-state index in [9.17, 15) is 4.39 Å². The average Bonchev–Trinajstić information content (AvgIpc) is 4.11. The Morgan fingerprint density at radius 2 is 1.03 bits per heavy atom. The first kappa shape index (κ1) is 44.9. The van der Waals surface area contributed by atoms with E-state index in [2.05, 4.69) is 250 Å². The molecule has 1 aromatic heterocycles. The summed E-state index contributed by atoms with van der Waals surface area (Å²) < 4.78 is 17.0. The molecule has 0 fully saturated rings. The van der Waals surface area contributed by atoms with Crippen LogP contribution in [0.25, 0.3) is 88.7 Å². The number of anilines is 3. The van der Waals surface area contributed by atoms with E-state index in [0.29, 0.717) is 0 Å². The molecule has 0 amide bonds. The molecule has 3 aliphatic rings. The first-order valence-corrected chi connectivity index (χ1v) is 26.4. The molecule has 0 saturated heterocycles. The fourth-order valence-corrected chi connectivity index (χ4v) is 13.0. The molecule has 0 N–H and O–H groups in total. The summed E-state index contributed by atoms with van der Waals surface area (Å²) in [7, 11) is 0. The highest BCUT2D eigenvalue weighted by atomic mass is 19.1. The third kappa shape index (κ3) is 7.05. The van der Waals surface area contributed by atoms with E-state index in [1.54, 1.807) is 17.7 Å². The van der Waals surface area contributed by atoms with Gasteiger partial charge < -0.3 is 9.47 Å². The molecular formula is C72H55FN2. The molecule has 14 rings (SSSR count). The van der Waals surface area contributed by atoms with E-state index >= 15 is 0 Å². The highest BCUT2D eigenvalue weighted by Gasteiger charge is 2.39. The molecule has 0 spiro atoms. The van der Waals surface area contributed by atoms with Crippen molar-refractivity contribution in [2.24, 2.45) is 0 Å². The van der Waals surface area contributed by atoms with Gasteiger partial charge in [-0.15, -0.1) is 0 Å². The van der Waals surface area contributed by atoms with E-state index in [-0.39, 0.29) is 16.6 Å². The van der Waals surface area contributed by atoms with Crippen molar-refractivity contribution < 1.29 is 4.39 Å². The molecule has 3 aliphatic carbocycles. The zero-order valence-corrected chi connectivity index (χ0v) is 42.7. The summed E-state index contributed by atoms with van der Waals surface area (Å²) >= 11 is 0. The summed E-state index contributed by atoms with van der Waals surface area (Å²) in [5.74, 6) is -0.251. The highest BCUT2D eigenvalue weighted by molar-refractivity contribution is 6.10. The lowest BCUT2D eigenvalue weighted by Gasteiger charge is -2.30. The number of rotatable bonds is 8. The Kier molecular flexibility index (Phi) is 10.3. The molecule has 0 saturated carbocycles. The topological polar surface area (TPSA) is 8.17 Å². The number of hydrogen-bond acceptors (Lipinski definition) is 1. The number of allylic oxidation sites excluding steroid dienone is 4. The van der Waals surface area contributed by atoms with Crippen LogP contribution in [0.5, 0.6) is 0 Å². The molecule has 0 unspecified atom stereocenters. The maximum Gasteiger partial charge on any atom is 0.123 e. The van der Waals surface area contributed by atoms with Crippen molar-refractivity contribution >= 4 is 44.3 Å². The summed E-state index contributed by atoms with van der Waals surface area (Å²) in [5, 5.41) is 3.56. The van der Waals surface area contributed by atoms with Crippen LogP contribution in [0.3, 0.4) is 0 Å². The second-order valence-corrected chi connectivity index (χ2v) is 21.7. The average molecular weight is 967 g/mol. The summed E-state index contributed by atoms with van der Waals surface area (Å²) in [6.45, 7) is 9.56. The van der Waals surface area contributed by atoms with Gasteiger partial charge in [0.15, 0.2) is 0 Å². The molecule has 11 aromatic rings. The molecule has 1 heterocycles. The minimum absolute atomic E-state index is 0.0602. The van der Waals surface area contributed by atoms with E-state index in [1.165, 1.54) is 72.0 Å². The number of halogens is 1. The van der Waals surface area contributed by atoms with Crippen LogP contribution in [0.2, 0.25) is 0 Å². The standard InChI is InChI=1S/C72H55FN2/c1-71(2)63-27-17-16-25-57(63)58-39-37-54(43-65(58)71)74(52-33-28-47(29-34-52)46-18-8-5-9-19-46)67-41-40-55(56-24-14-15-26-60(56)67)50-30-38-59-61-44-62-68(45-66(61)72(3,4)64(59)42-50)75(53-35-31-51(73)32-36-53)70(49-22-12-7-13-23-49)69(62)48-20-10-6-11-21-48/h5-16,18-26,28-45H,17,27H2,1-4H3. The SMILES string of the molecule is CC1(C)C2=C(C=CCC2)c2ccc(N(c3ccc(-c4ccccc4)cc3)c3ccc(-c4ccc5c(c4)C(C)(C)c4cc6c(cc4-5)c(-c4ccccc4)c(-c4ccccc4)n6-c4ccc(F)cc4)c4ccccc34)cc21. The van der Waals surface area contributed by atoms with Crippen molar-refractivity contribution in [2.45, 2.75) is 51.4 Å². The quantitative estimate of drug-likeness (QED) is 0.147. The van der Waals surface area contributed by atoms with Gasteiger partial charge in [-0.05, 0) is 163 Å². The van der Waals surface area contributed by atoms with Crippen molar-refractivity contribution in [3.8, 4) is 61.5 Å². The first-order chi connectivity index (χ1) is 36.6. The lowest BCUT2D eigenvalue weighted by Crippen LogP contribution is -2.19. The smallest absolute Gasteiger partial charge is 0.123 e. The first-order valence-electron chi connectivity index (χ1n) is 26.4. The maximum absolute atomic E-state index is 14.6. The number of benzene rings is 10. The van der Waals surface area contributed by atoms with Gasteiger partial charge in [-0.25, -0.2) is 4.39 Å². The fraction of sp³-hybridized carbons (Fsp3) is 0.111. The zero-order chi connectivity index (χ0) is 50.6. The molecule has 0 bridgehead atoms. The second kappa shape index (κ2) is 17.1. The molecular weight excluding hydrogens is 912 g/mol. The summed E-state index contributed by atoms with van der Waals surface area (Å²) in [4.78, 5) is 2.47. The summed E-state index contributed by atoms with van der Waals surface area (Å²) in [6.07, 6.45) is 6.89. The van der Waals surface area contributed by atoms with Gasteiger partial charge in [0.1, 0.15) is 5.82 Å². The highest BCUT2D eigenvalue weighted by Crippen LogP contribution is 2.55. The zero-order valence-electron chi connectivity index (χ0n) is 42.7. The van der Waals surface area contributed by atoms with Crippen LogP contribution in [-0.2, 0) is 10.8 Å². The number of hydrogen-bond donors (Lipinski definition) is 0. The Morgan fingerprint density at radius 1 is 0.440 bits per heavy atom. The number of fused-ring (bicyclic) bond motifs is 7. The molecule has 0 aliphatic heterocycles. The van der Waals surface area contributed by atoms with Crippen LogP contribution < -0.4 is 4.90 Å². The van der Waals surface area contributed by atoms with Crippen LogP contribution in [0.4, 0.5) is 21.5 Å². The second-order valence-electron chi connectivity index (χ2n) is 21.7. The monoisotopic (exact) mass is 966 g/mol. The number of aromatic nitrogens is 1. The Hall–Kier alpha value is -8.79. The maximum atomic E-state index is 14.6. The fourth-order valence-electron chi connectivity index (χ4n) is 13.0. The largest absolute Gasteiger partial charge is 0.310 e. The Balaban J connectivity index is 0.920. The minimum Gasteiger partial charge on any atom is -0.310 e. The van der Waals surface area contributed by atoms with Crippen molar-refractivity contribution in [1.29, 1.82) is 0 Å². The summed E-state index contributed by atoms with van der Waals surface area (Å²) in [6, 6.07) is 80.8. The van der Waals surface area contributed by atoms with Gasteiger partial charge in [-0.1, -0.05) is 197 Å². The van der Waals surface area contributed by atoms with Crippen LogP contribution in [0, 0.1) is 5.82 Å². The Labute approximate surface area is 439 Å². The van der Waals surface area contributed by atoms with Gasteiger partial charge in [0.25, 0.3) is 0 Å². The van der Waals surface area contributed by atoms with Crippen LogP contribution >= 0.6 is 0 Å². The summed E-state index contributed by atoms with van der Waals surface area (Å²) in [5.41, 5.74) is 25.1. The van der Waals surface area contributed by atoms with Gasteiger partial charge in [0, 0.05) is 44.2 Å². The minimum atomic E-state index is -0.323. The molecule has 3 heteroatoms.